The summed E-state index contributed by atoms with van der Waals surface area (Å²) in [7, 11) is 1.58. The van der Waals surface area contributed by atoms with Gasteiger partial charge in [-0.2, -0.15) is 10.2 Å². The van der Waals surface area contributed by atoms with Gasteiger partial charge < -0.3 is 10.1 Å². The Morgan fingerprint density at radius 3 is 2.77 bits per heavy atom. The summed E-state index contributed by atoms with van der Waals surface area (Å²) in [5.41, 5.74) is 1.98. The smallest absolute Gasteiger partial charge is 0.234 e. The van der Waals surface area contributed by atoms with Crippen molar-refractivity contribution in [1.82, 2.24) is 14.5 Å². The molecule has 0 saturated carbocycles. The first-order valence-electron chi connectivity index (χ1n) is 9.75. The highest BCUT2D eigenvalue weighted by molar-refractivity contribution is 5.93. The molecule has 2 aromatic heterocycles. The van der Waals surface area contributed by atoms with Crippen LogP contribution in [0.5, 0.6) is 5.88 Å². The molecule has 1 aliphatic rings. The van der Waals surface area contributed by atoms with Gasteiger partial charge in [0.05, 0.1) is 18.1 Å². The fourth-order valence-corrected chi connectivity index (χ4v) is 3.30. The first-order chi connectivity index (χ1) is 14.6. The highest BCUT2D eigenvalue weighted by atomic mass is 16.5. The fraction of sp³-hybridized carbons (Fsp3) is 0.318. The molecule has 3 aromatic rings. The van der Waals surface area contributed by atoms with Gasteiger partial charge in [-0.25, -0.2) is 14.5 Å². The largest absolute Gasteiger partial charge is 0.481 e. The van der Waals surface area contributed by atoms with Gasteiger partial charge in [-0.05, 0) is 17.7 Å². The number of aromatic nitrogens is 3. The van der Waals surface area contributed by atoms with E-state index in [2.05, 4.69) is 31.4 Å². The molecule has 0 atom stereocenters. The van der Waals surface area contributed by atoms with Crippen molar-refractivity contribution in [3.8, 4) is 18.2 Å². The number of anilines is 1. The Labute approximate surface area is 174 Å². The molecule has 3 heterocycles. The van der Waals surface area contributed by atoms with Crippen molar-refractivity contribution in [1.29, 1.82) is 0 Å². The van der Waals surface area contributed by atoms with E-state index >= 15 is 0 Å². The number of benzene rings is 1. The van der Waals surface area contributed by atoms with Crippen molar-refractivity contribution in [2.75, 3.05) is 12.4 Å². The molecule has 1 N–H and O–H groups in total. The summed E-state index contributed by atoms with van der Waals surface area (Å²) in [6, 6.07) is 11.3. The summed E-state index contributed by atoms with van der Waals surface area (Å²) in [5.74, 6) is 3.60. The molecule has 0 bridgehead atoms. The Hall–Kier alpha value is -3.73. The predicted molar refractivity (Wildman–Crippen MR) is 113 cm³/mol. The Morgan fingerprint density at radius 2 is 2.07 bits per heavy atom. The zero-order valence-electron chi connectivity index (χ0n) is 16.7. The van der Waals surface area contributed by atoms with E-state index in [1.54, 1.807) is 23.9 Å². The molecule has 0 aliphatic carbocycles. The van der Waals surface area contributed by atoms with Crippen LogP contribution in [0.3, 0.4) is 0 Å². The first kappa shape index (κ1) is 19.6. The van der Waals surface area contributed by atoms with Gasteiger partial charge in [-0.3, -0.25) is 4.79 Å². The minimum absolute atomic E-state index is 0.0589. The van der Waals surface area contributed by atoms with Crippen LogP contribution in [0.4, 0.5) is 5.95 Å². The minimum Gasteiger partial charge on any atom is -0.481 e. The summed E-state index contributed by atoms with van der Waals surface area (Å²) >= 11 is 0. The number of methoxy groups -OCH3 is 1. The summed E-state index contributed by atoms with van der Waals surface area (Å²) in [6.45, 7) is 0.477. The lowest BCUT2D eigenvalue weighted by molar-refractivity contribution is 0.0901. The van der Waals surface area contributed by atoms with E-state index in [1.165, 1.54) is 0 Å². The molecule has 0 amide bonds. The lowest BCUT2D eigenvalue weighted by atomic mass is 10.0. The maximum absolute atomic E-state index is 13.1. The summed E-state index contributed by atoms with van der Waals surface area (Å²) in [5, 5.41) is 11.5. The predicted octanol–water partition coefficient (Wildman–Crippen LogP) is 4.05. The number of nitrogens with zero attached hydrogens (tertiary/aromatic N) is 5. The Kier molecular flexibility index (Phi) is 5.44. The maximum Gasteiger partial charge on any atom is 0.234 e. The number of nitrogens with one attached hydrogen (secondary N) is 1. The number of hydrogen-bond donors (Lipinski definition) is 1. The molecule has 0 fully saturated rings. The van der Waals surface area contributed by atoms with Gasteiger partial charge in [-0.15, -0.1) is 12.3 Å². The van der Waals surface area contributed by atoms with Crippen molar-refractivity contribution >= 4 is 22.9 Å². The average molecular weight is 402 g/mol. The highest BCUT2D eigenvalue weighted by Gasteiger charge is 2.39. The summed E-state index contributed by atoms with van der Waals surface area (Å²) in [6.07, 6.45) is 9.19. The summed E-state index contributed by atoms with van der Waals surface area (Å²) < 4.78 is 6.72. The van der Waals surface area contributed by atoms with Crippen LogP contribution in [-0.4, -0.2) is 33.2 Å². The van der Waals surface area contributed by atoms with E-state index in [1.807, 2.05) is 30.3 Å². The Balaban J connectivity index is 1.51. The van der Waals surface area contributed by atoms with E-state index < -0.39 is 5.66 Å². The zero-order chi connectivity index (χ0) is 21.0. The lowest BCUT2D eigenvalue weighted by Crippen LogP contribution is -2.19. The van der Waals surface area contributed by atoms with Gasteiger partial charge in [0.2, 0.25) is 17.7 Å². The third-order valence-corrected chi connectivity index (χ3v) is 5.06. The molecule has 4 rings (SSSR count). The third-order valence-electron chi connectivity index (χ3n) is 5.06. The second-order valence-electron chi connectivity index (χ2n) is 7.10. The van der Waals surface area contributed by atoms with Crippen LogP contribution < -0.4 is 10.1 Å². The normalized spacial score (nSPS) is 13.7. The molecule has 0 spiro atoms. The third kappa shape index (κ3) is 4.15. The first-order valence-corrected chi connectivity index (χ1v) is 9.75. The van der Waals surface area contributed by atoms with Gasteiger partial charge in [0.1, 0.15) is 0 Å². The second kappa shape index (κ2) is 8.33. The van der Waals surface area contributed by atoms with Crippen molar-refractivity contribution in [3.05, 3.63) is 48.2 Å². The second-order valence-corrected chi connectivity index (χ2v) is 7.10. The molecule has 30 heavy (non-hydrogen) atoms. The SMILES string of the molecule is C#CCCC1(CCC(=O)n2c(NCc3ccc(OC)nc3)nc3ccccc32)N=N1. The van der Waals surface area contributed by atoms with E-state index in [-0.39, 0.29) is 5.91 Å². The van der Waals surface area contributed by atoms with E-state index in [0.717, 1.165) is 16.6 Å². The number of pyridine rings is 1. The summed E-state index contributed by atoms with van der Waals surface area (Å²) in [4.78, 5) is 21.9. The number of ether oxygens (including phenoxy) is 1. The molecule has 0 unspecified atom stereocenters. The minimum atomic E-state index is -0.485. The van der Waals surface area contributed by atoms with Gasteiger partial charge >= 0.3 is 0 Å². The number of fused-ring (bicyclic) bond motifs is 1. The highest BCUT2D eigenvalue weighted by Crippen LogP contribution is 2.38. The molecule has 8 heteroatoms. The van der Waals surface area contributed by atoms with Crippen LogP contribution in [0.1, 0.15) is 36.0 Å². The van der Waals surface area contributed by atoms with Crippen LogP contribution in [-0.2, 0) is 6.54 Å². The van der Waals surface area contributed by atoms with Crippen molar-refractivity contribution < 1.29 is 9.53 Å². The number of carbonyl (C=O) groups is 1. The monoisotopic (exact) mass is 402 g/mol. The number of imidazole rings is 1. The molecular weight excluding hydrogens is 380 g/mol. The van der Waals surface area contributed by atoms with Crippen LogP contribution >= 0.6 is 0 Å². The zero-order valence-corrected chi connectivity index (χ0v) is 16.7. The van der Waals surface area contributed by atoms with Gasteiger partial charge in [-0.1, -0.05) is 18.2 Å². The number of carbonyl (C=O) groups excluding carboxylic acids is 1. The number of para-hydroxylation sites is 2. The molecule has 8 nitrogen and oxygen atoms in total. The standard InChI is InChI=1S/C22H22N6O2/c1-3-4-12-22(26-27-22)13-11-20(29)28-18-8-6-5-7-17(18)25-21(28)24-15-16-9-10-19(30-2)23-14-16/h1,5-10,14H,4,11-13,15H2,2H3,(H,24,25). The average Bonchev–Trinajstić information content (AvgIpc) is 3.46. The molecule has 1 aromatic carbocycles. The molecule has 0 radical (unpaired) electrons. The maximum atomic E-state index is 13.1. The fourth-order valence-electron chi connectivity index (χ4n) is 3.30. The topological polar surface area (TPSA) is 93.8 Å². The van der Waals surface area contributed by atoms with Crippen molar-refractivity contribution in [2.45, 2.75) is 37.9 Å². The van der Waals surface area contributed by atoms with Crippen molar-refractivity contribution in [2.24, 2.45) is 10.2 Å². The van der Waals surface area contributed by atoms with Gasteiger partial charge in [0.15, 0.2) is 5.66 Å². The number of terminal acetylenes is 1. The molecule has 0 saturated heterocycles. The van der Waals surface area contributed by atoms with Crippen molar-refractivity contribution in [3.63, 3.8) is 0 Å². The van der Waals surface area contributed by atoms with Crippen LogP contribution in [0.2, 0.25) is 0 Å². The van der Waals surface area contributed by atoms with Crippen LogP contribution in [0.15, 0.2) is 52.8 Å². The van der Waals surface area contributed by atoms with Gasteiger partial charge in [0.25, 0.3) is 0 Å². The number of rotatable bonds is 9. The Bertz CT molecular complexity index is 1120. The number of hydrogen-bond acceptors (Lipinski definition) is 7. The van der Waals surface area contributed by atoms with Crippen LogP contribution in [0.25, 0.3) is 11.0 Å². The molecule has 1 aliphatic heterocycles. The molecule has 152 valence electrons. The molecular formula is C22H22N6O2. The van der Waals surface area contributed by atoms with Gasteiger partial charge in [0, 0.05) is 44.5 Å². The quantitative estimate of drug-likeness (QED) is 0.545. The lowest BCUT2D eigenvalue weighted by Gasteiger charge is -2.12. The Morgan fingerprint density at radius 1 is 1.23 bits per heavy atom. The van der Waals surface area contributed by atoms with E-state index in [9.17, 15) is 4.79 Å². The van der Waals surface area contributed by atoms with Crippen LogP contribution in [0, 0.1) is 12.3 Å². The van der Waals surface area contributed by atoms with E-state index in [4.69, 9.17) is 11.2 Å². The van der Waals surface area contributed by atoms with E-state index in [0.29, 0.717) is 44.1 Å².